The number of hydrogen-bond donors (Lipinski definition) is 2. The average molecular weight is 221 g/mol. The number of carbonyl (C=O) groups is 1. The van der Waals surface area contributed by atoms with Gasteiger partial charge in [-0.15, -0.1) is 0 Å². The molecule has 0 aromatic heterocycles. The Labute approximate surface area is 96.4 Å². The number of hydrogen-bond acceptors (Lipinski definition) is 3. The van der Waals surface area contributed by atoms with E-state index in [0.29, 0.717) is 11.6 Å². The number of amides is 1. The summed E-state index contributed by atoms with van der Waals surface area (Å²) in [6.45, 7) is 5.04. The van der Waals surface area contributed by atoms with Crippen LogP contribution in [0.2, 0.25) is 0 Å². The van der Waals surface area contributed by atoms with Gasteiger partial charge in [-0.2, -0.15) is 0 Å². The fourth-order valence-electron chi connectivity index (χ4n) is 1.49. The second kappa shape index (κ2) is 5.63. The smallest absolute Gasteiger partial charge is 0.248 e. The first kappa shape index (κ1) is 12.7. The molecule has 0 spiro atoms. The van der Waals surface area contributed by atoms with Crippen LogP contribution in [0.1, 0.15) is 29.8 Å². The molecule has 0 fully saturated rings. The maximum Gasteiger partial charge on any atom is 0.248 e. The third-order valence-corrected chi connectivity index (χ3v) is 2.50. The Bertz CT molecular complexity index is 346. The molecule has 0 aliphatic rings. The minimum atomic E-state index is -0.388. The van der Waals surface area contributed by atoms with E-state index in [4.69, 9.17) is 5.73 Å². The van der Waals surface area contributed by atoms with Crippen LogP contribution in [0.5, 0.6) is 0 Å². The summed E-state index contributed by atoms with van der Waals surface area (Å²) in [6, 6.07) is 7.78. The van der Waals surface area contributed by atoms with Gasteiger partial charge >= 0.3 is 0 Å². The molecule has 88 valence electrons. The van der Waals surface area contributed by atoms with Gasteiger partial charge < -0.3 is 5.73 Å². The van der Waals surface area contributed by atoms with Crippen LogP contribution in [0.15, 0.2) is 24.3 Å². The van der Waals surface area contributed by atoms with Gasteiger partial charge in [-0.05, 0) is 38.6 Å². The van der Waals surface area contributed by atoms with E-state index < -0.39 is 0 Å². The third kappa shape index (κ3) is 3.32. The maximum absolute atomic E-state index is 10.9. The van der Waals surface area contributed by atoms with Crippen molar-refractivity contribution in [3.05, 3.63) is 35.4 Å². The van der Waals surface area contributed by atoms with E-state index in [1.165, 1.54) is 0 Å². The Hall–Kier alpha value is -1.39. The molecule has 0 atom stereocenters. The largest absolute Gasteiger partial charge is 0.366 e. The lowest BCUT2D eigenvalue weighted by molar-refractivity contribution is 0.1000. The predicted octanol–water partition coefficient (Wildman–Crippen LogP) is 1.13. The summed E-state index contributed by atoms with van der Waals surface area (Å²) >= 11 is 0. The van der Waals surface area contributed by atoms with Crippen LogP contribution in [0.4, 0.5) is 0 Å². The first-order valence-corrected chi connectivity index (χ1v) is 5.37. The zero-order chi connectivity index (χ0) is 12.1. The summed E-state index contributed by atoms with van der Waals surface area (Å²) < 4.78 is 0. The van der Waals surface area contributed by atoms with Crippen molar-refractivity contribution in [3.63, 3.8) is 0 Å². The number of nitrogens with one attached hydrogen (secondary N) is 1. The van der Waals surface area contributed by atoms with Crippen molar-refractivity contribution in [2.45, 2.75) is 26.4 Å². The summed E-state index contributed by atoms with van der Waals surface area (Å²) in [5.41, 5.74) is 10.00. The molecule has 0 bridgehead atoms. The highest BCUT2D eigenvalue weighted by Gasteiger charge is 2.07. The number of carbonyl (C=O) groups excluding carboxylic acids is 1. The Balaban J connectivity index is 2.71. The molecule has 0 aliphatic carbocycles. The Kier molecular flexibility index (Phi) is 4.46. The summed E-state index contributed by atoms with van der Waals surface area (Å²) in [5.74, 6) is -0.388. The molecule has 3 N–H and O–H groups in total. The quantitative estimate of drug-likeness (QED) is 0.733. The zero-order valence-corrected chi connectivity index (χ0v) is 10.0. The summed E-state index contributed by atoms with van der Waals surface area (Å²) in [6.07, 6.45) is 0. The van der Waals surface area contributed by atoms with Crippen molar-refractivity contribution >= 4 is 5.91 Å². The van der Waals surface area contributed by atoms with E-state index in [9.17, 15) is 4.79 Å². The highest BCUT2D eigenvalue weighted by molar-refractivity contribution is 5.92. The first-order valence-electron chi connectivity index (χ1n) is 5.37. The molecule has 1 aromatic rings. The van der Waals surface area contributed by atoms with E-state index in [0.717, 1.165) is 12.1 Å². The lowest BCUT2D eigenvalue weighted by Gasteiger charge is -2.25. The van der Waals surface area contributed by atoms with E-state index >= 15 is 0 Å². The minimum absolute atomic E-state index is 0.388. The lowest BCUT2D eigenvalue weighted by atomic mass is 10.1. The second-order valence-electron chi connectivity index (χ2n) is 4.01. The number of nitrogens with zero attached hydrogens (tertiary/aromatic N) is 1. The fraction of sp³-hybridized carbons (Fsp3) is 0.417. The molecule has 0 radical (unpaired) electrons. The Morgan fingerprint density at radius 2 is 1.94 bits per heavy atom. The molecular formula is C12H19N3O. The van der Waals surface area contributed by atoms with Gasteiger partial charge in [0, 0.05) is 18.2 Å². The highest BCUT2D eigenvalue weighted by Crippen LogP contribution is 2.07. The minimum Gasteiger partial charge on any atom is -0.366 e. The van der Waals surface area contributed by atoms with Gasteiger partial charge in [0.15, 0.2) is 0 Å². The lowest BCUT2D eigenvalue weighted by Crippen LogP contribution is -2.39. The summed E-state index contributed by atoms with van der Waals surface area (Å²) in [4.78, 5) is 10.9. The molecule has 1 rings (SSSR count). The number of nitrogens with two attached hydrogens (primary N) is 1. The maximum atomic E-state index is 10.9. The summed E-state index contributed by atoms with van der Waals surface area (Å²) in [7, 11) is 1.90. The molecule has 1 aromatic carbocycles. The molecule has 0 unspecified atom stereocenters. The standard InChI is InChI=1S/C12H19N3O/c1-9(2)15(14-3)8-10-4-6-11(7-5-10)12(13)16/h4-7,9,14H,8H2,1-3H3,(H2,13,16). The number of rotatable bonds is 5. The van der Waals surface area contributed by atoms with Gasteiger partial charge in [-0.25, -0.2) is 5.01 Å². The fourth-order valence-corrected chi connectivity index (χ4v) is 1.49. The van der Waals surface area contributed by atoms with Gasteiger partial charge in [0.25, 0.3) is 0 Å². The van der Waals surface area contributed by atoms with Crippen molar-refractivity contribution in [2.24, 2.45) is 5.73 Å². The van der Waals surface area contributed by atoms with E-state index in [2.05, 4.69) is 24.3 Å². The molecule has 0 aliphatic heterocycles. The van der Waals surface area contributed by atoms with Crippen LogP contribution in [0.25, 0.3) is 0 Å². The number of hydrazine groups is 1. The van der Waals surface area contributed by atoms with Crippen molar-refractivity contribution in [1.29, 1.82) is 0 Å². The number of primary amides is 1. The van der Waals surface area contributed by atoms with Crippen LogP contribution in [0, 0.1) is 0 Å². The molecule has 4 heteroatoms. The van der Waals surface area contributed by atoms with Crippen molar-refractivity contribution in [3.8, 4) is 0 Å². The van der Waals surface area contributed by atoms with E-state index in [1.54, 1.807) is 12.1 Å². The first-order chi connectivity index (χ1) is 7.54. The SMILES string of the molecule is CNN(Cc1ccc(C(N)=O)cc1)C(C)C. The molecule has 1 amide bonds. The Morgan fingerprint density at radius 3 is 2.31 bits per heavy atom. The van der Waals surface area contributed by atoms with E-state index in [1.807, 2.05) is 19.2 Å². The van der Waals surface area contributed by atoms with E-state index in [-0.39, 0.29) is 5.91 Å². The van der Waals surface area contributed by atoms with Crippen LogP contribution in [-0.4, -0.2) is 24.0 Å². The second-order valence-corrected chi connectivity index (χ2v) is 4.01. The van der Waals surface area contributed by atoms with Gasteiger partial charge in [-0.3, -0.25) is 10.2 Å². The summed E-state index contributed by atoms with van der Waals surface area (Å²) in [5, 5.41) is 2.11. The van der Waals surface area contributed by atoms with Crippen LogP contribution in [-0.2, 0) is 6.54 Å². The predicted molar refractivity (Wildman–Crippen MR) is 64.7 cm³/mol. The molecule has 0 saturated heterocycles. The molecule has 0 heterocycles. The molecular weight excluding hydrogens is 202 g/mol. The molecule has 0 saturated carbocycles. The molecule has 16 heavy (non-hydrogen) atoms. The van der Waals surface area contributed by atoms with Gasteiger partial charge in [0.1, 0.15) is 0 Å². The normalized spacial score (nSPS) is 11.1. The topological polar surface area (TPSA) is 58.4 Å². The van der Waals surface area contributed by atoms with Crippen molar-refractivity contribution in [2.75, 3.05) is 7.05 Å². The van der Waals surface area contributed by atoms with Crippen LogP contribution < -0.4 is 11.2 Å². The zero-order valence-electron chi connectivity index (χ0n) is 10.0. The van der Waals surface area contributed by atoms with Gasteiger partial charge in [-0.1, -0.05) is 12.1 Å². The highest BCUT2D eigenvalue weighted by atomic mass is 16.1. The van der Waals surface area contributed by atoms with Crippen LogP contribution in [0.3, 0.4) is 0 Å². The third-order valence-electron chi connectivity index (χ3n) is 2.50. The van der Waals surface area contributed by atoms with Crippen LogP contribution >= 0.6 is 0 Å². The monoisotopic (exact) mass is 221 g/mol. The van der Waals surface area contributed by atoms with Crippen molar-refractivity contribution in [1.82, 2.24) is 10.4 Å². The van der Waals surface area contributed by atoms with Crippen molar-refractivity contribution < 1.29 is 4.79 Å². The molecule has 4 nitrogen and oxygen atoms in total. The van der Waals surface area contributed by atoms with Gasteiger partial charge in [0.2, 0.25) is 5.91 Å². The van der Waals surface area contributed by atoms with Gasteiger partial charge in [0.05, 0.1) is 0 Å². The number of benzene rings is 1. The Morgan fingerprint density at radius 1 is 1.38 bits per heavy atom. The average Bonchev–Trinajstić information content (AvgIpc) is 2.26.